The minimum atomic E-state index is -0.451. The summed E-state index contributed by atoms with van der Waals surface area (Å²) in [7, 11) is 0. The fourth-order valence-electron chi connectivity index (χ4n) is 1.34. The van der Waals surface area contributed by atoms with Crippen LogP contribution in [-0.2, 0) is 6.54 Å². The van der Waals surface area contributed by atoms with Gasteiger partial charge < -0.3 is 10.4 Å². The van der Waals surface area contributed by atoms with Crippen molar-refractivity contribution in [2.45, 2.75) is 12.6 Å². The number of aliphatic hydroxyl groups excluding tert-OH is 1. The average Bonchev–Trinajstić information content (AvgIpc) is 2.84. The van der Waals surface area contributed by atoms with E-state index in [1.807, 2.05) is 22.9 Å². The van der Waals surface area contributed by atoms with Crippen molar-refractivity contribution in [2.75, 3.05) is 6.54 Å². The van der Waals surface area contributed by atoms with Crippen LogP contribution in [-0.4, -0.2) is 21.6 Å². The molecule has 1 unspecified atom stereocenters. The van der Waals surface area contributed by atoms with Crippen LogP contribution in [0.4, 0.5) is 0 Å². The highest BCUT2D eigenvalue weighted by Gasteiger charge is 2.06. The Labute approximate surface area is 98.0 Å². The van der Waals surface area contributed by atoms with E-state index in [1.54, 1.807) is 17.5 Å². The lowest BCUT2D eigenvalue weighted by Gasteiger charge is -2.09. The fraction of sp³-hybridized carbons (Fsp3) is 0.273. The molecule has 0 fully saturated rings. The van der Waals surface area contributed by atoms with E-state index in [9.17, 15) is 5.11 Å². The number of nitrogens with zero attached hydrogens (tertiary/aromatic N) is 2. The number of nitrogens with one attached hydrogen (secondary N) is 1. The Kier molecular flexibility index (Phi) is 3.98. The summed E-state index contributed by atoms with van der Waals surface area (Å²) in [6, 6.07) is 3.78. The van der Waals surface area contributed by atoms with Gasteiger partial charge in [-0.15, -0.1) is 0 Å². The van der Waals surface area contributed by atoms with Crippen LogP contribution in [0, 0.1) is 0 Å². The second-order valence-corrected chi connectivity index (χ2v) is 4.18. The highest BCUT2D eigenvalue weighted by Crippen LogP contribution is 2.14. The van der Waals surface area contributed by atoms with Gasteiger partial charge in [-0.05, 0) is 28.5 Å². The van der Waals surface area contributed by atoms with E-state index in [2.05, 4.69) is 15.3 Å². The number of hydrogen-bond donors (Lipinski definition) is 2. The molecule has 2 aromatic rings. The standard InChI is InChI=1S/C11H13N3OS/c15-11(9-2-4-16-7-9)6-13-5-10-1-3-12-8-14-10/h1-4,7-8,11,13,15H,5-6H2. The molecule has 0 aliphatic carbocycles. The van der Waals surface area contributed by atoms with E-state index in [0.29, 0.717) is 13.1 Å². The molecule has 2 heterocycles. The van der Waals surface area contributed by atoms with Crippen LogP contribution in [0.1, 0.15) is 17.4 Å². The van der Waals surface area contributed by atoms with Gasteiger partial charge in [0.15, 0.2) is 0 Å². The van der Waals surface area contributed by atoms with Gasteiger partial charge in [0.05, 0.1) is 11.8 Å². The second-order valence-electron chi connectivity index (χ2n) is 3.40. The van der Waals surface area contributed by atoms with Gasteiger partial charge in [-0.25, -0.2) is 9.97 Å². The lowest BCUT2D eigenvalue weighted by molar-refractivity contribution is 0.174. The molecule has 1 atom stereocenters. The molecular formula is C11H13N3OS. The van der Waals surface area contributed by atoms with Crippen LogP contribution < -0.4 is 5.32 Å². The minimum Gasteiger partial charge on any atom is -0.387 e. The molecule has 0 spiro atoms. The predicted molar refractivity (Wildman–Crippen MR) is 63.0 cm³/mol. The normalized spacial score (nSPS) is 12.6. The third-order valence-electron chi connectivity index (χ3n) is 2.21. The van der Waals surface area contributed by atoms with Crippen LogP contribution in [0.25, 0.3) is 0 Å². The van der Waals surface area contributed by atoms with Crippen LogP contribution in [0.15, 0.2) is 35.4 Å². The lowest BCUT2D eigenvalue weighted by Crippen LogP contribution is -2.21. The van der Waals surface area contributed by atoms with Crippen LogP contribution in [0.2, 0.25) is 0 Å². The van der Waals surface area contributed by atoms with Crippen molar-refractivity contribution in [2.24, 2.45) is 0 Å². The van der Waals surface area contributed by atoms with Gasteiger partial charge in [-0.1, -0.05) is 0 Å². The molecule has 4 nitrogen and oxygen atoms in total. The molecule has 0 amide bonds. The summed E-state index contributed by atoms with van der Waals surface area (Å²) in [4.78, 5) is 7.93. The van der Waals surface area contributed by atoms with E-state index in [-0.39, 0.29) is 0 Å². The zero-order valence-electron chi connectivity index (χ0n) is 8.71. The molecule has 0 radical (unpaired) electrons. The first-order valence-corrected chi connectivity index (χ1v) is 5.96. The van der Waals surface area contributed by atoms with Gasteiger partial charge in [-0.2, -0.15) is 11.3 Å². The maximum atomic E-state index is 9.80. The highest BCUT2D eigenvalue weighted by atomic mass is 32.1. The van der Waals surface area contributed by atoms with E-state index in [1.165, 1.54) is 6.33 Å². The first-order valence-electron chi connectivity index (χ1n) is 5.02. The van der Waals surface area contributed by atoms with E-state index in [0.717, 1.165) is 11.3 Å². The summed E-state index contributed by atoms with van der Waals surface area (Å²) in [5, 5.41) is 16.9. The van der Waals surface area contributed by atoms with E-state index < -0.39 is 6.10 Å². The first kappa shape index (κ1) is 11.2. The Bertz CT molecular complexity index is 404. The van der Waals surface area contributed by atoms with Crippen molar-refractivity contribution in [3.8, 4) is 0 Å². The van der Waals surface area contributed by atoms with Gasteiger partial charge in [0.2, 0.25) is 0 Å². The zero-order valence-corrected chi connectivity index (χ0v) is 9.52. The van der Waals surface area contributed by atoms with Gasteiger partial charge in [0.25, 0.3) is 0 Å². The number of aromatic nitrogens is 2. The lowest BCUT2D eigenvalue weighted by atomic mass is 10.2. The van der Waals surface area contributed by atoms with Crippen molar-refractivity contribution in [1.29, 1.82) is 0 Å². The highest BCUT2D eigenvalue weighted by molar-refractivity contribution is 7.07. The van der Waals surface area contributed by atoms with E-state index >= 15 is 0 Å². The Morgan fingerprint density at radius 2 is 2.38 bits per heavy atom. The first-order chi connectivity index (χ1) is 7.86. The molecule has 0 aromatic carbocycles. The molecule has 2 rings (SSSR count). The molecule has 0 aliphatic rings. The molecule has 2 N–H and O–H groups in total. The summed E-state index contributed by atoms with van der Waals surface area (Å²) in [5.41, 5.74) is 1.88. The van der Waals surface area contributed by atoms with Gasteiger partial charge in [0, 0.05) is 19.3 Å². The molecule has 16 heavy (non-hydrogen) atoms. The summed E-state index contributed by atoms with van der Waals surface area (Å²) >= 11 is 1.59. The molecule has 0 bridgehead atoms. The molecule has 5 heteroatoms. The number of thiophene rings is 1. The smallest absolute Gasteiger partial charge is 0.115 e. The quantitative estimate of drug-likeness (QED) is 0.821. The maximum Gasteiger partial charge on any atom is 0.115 e. The van der Waals surface area contributed by atoms with Gasteiger partial charge in [-0.3, -0.25) is 0 Å². The Morgan fingerprint density at radius 3 is 3.06 bits per heavy atom. The minimum absolute atomic E-state index is 0.451. The van der Waals surface area contributed by atoms with Crippen LogP contribution in [0.3, 0.4) is 0 Å². The largest absolute Gasteiger partial charge is 0.387 e. The number of rotatable bonds is 5. The molecule has 0 saturated heterocycles. The van der Waals surface area contributed by atoms with Crippen molar-refractivity contribution in [3.63, 3.8) is 0 Å². The van der Waals surface area contributed by atoms with Crippen molar-refractivity contribution >= 4 is 11.3 Å². The third-order valence-corrected chi connectivity index (χ3v) is 2.92. The zero-order chi connectivity index (χ0) is 11.2. The summed E-state index contributed by atoms with van der Waals surface area (Å²) < 4.78 is 0. The van der Waals surface area contributed by atoms with Crippen molar-refractivity contribution in [1.82, 2.24) is 15.3 Å². The van der Waals surface area contributed by atoms with Crippen LogP contribution in [0.5, 0.6) is 0 Å². The average molecular weight is 235 g/mol. The van der Waals surface area contributed by atoms with Gasteiger partial charge in [0.1, 0.15) is 6.33 Å². The fourth-order valence-corrected chi connectivity index (χ4v) is 2.05. The monoisotopic (exact) mass is 235 g/mol. The Balaban J connectivity index is 1.76. The Morgan fingerprint density at radius 1 is 1.44 bits per heavy atom. The molecular weight excluding hydrogens is 222 g/mol. The Hall–Kier alpha value is -1.30. The molecule has 0 saturated carbocycles. The predicted octanol–water partition coefficient (Wildman–Crippen LogP) is 1.36. The third kappa shape index (κ3) is 3.10. The SMILES string of the molecule is OC(CNCc1ccncn1)c1ccsc1. The molecule has 2 aromatic heterocycles. The topological polar surface area (TPSA) is 58.0 Å². The maximum absolute atomic E-state index is 9.80. The summed E-state index contributed by atoms with van der Waals surface area (Å²) in [5.74, 6) is 0. The number of hydrogen-bond acceptors (Lipinski definition) is 5. The van der Waals surface area contributed by atoms with Crippen molar-refractivity contribution < 1.29 is 5.11 Å². The van der Waals surface area contributed by atoms with E-state index in [4.69, 9.17) is 0 Å². The molecule has 0 aliphatic heterocycles. The van der Waals surface area contributed by atoms with Crippen LogP contribution >= 0.6 is 11.3 Å². The van der Waals surface area contributed by atoms with Crippen molar-refractivity contribution in [3.05, 3.63) is 46.7 Å². The summed E-state index contributed by atoms with van der Waals surface area (Å²) in [6.07, 6.45) is 2.78. The second kappa shape index (κ2) is 5.69. The molecule has 84 valence electrons. The van der Waals surface area contributed by atoms with Gasteiger partial charge >= 0.3 is 0 Å². The number of aliphatic hydroxyl groups is 1. The summed E-state index contributed by atoms with van der Waals surface area (Å²) in [6.45, 7) is 1.17.